The van der Waals surface area contributed by atoms with Crippen molar-refractivity contribution < 1.29 is 4.79 Å². The van der Waals surface area contributed by atoms with Crippen molar-refractivity contribution in [1.82, 2.24) is 5.43 Å². The Morgan fingerprint density at radius 1 is 1.13 bits per heavy atom. The summed E-state index contributed by atoms with van der Waals surface area (Å²) in [6.45, 7) is 1.95. The molecule has 0 bridgehead atoms. The summed E-state index contributed by atoms with van der Waals surface area (Å²) in [5, 5.41) is 8.33. The van der Waals surface area contributed by atoms with E-state index in [2.05, 4.69) is 15.8 Å². The van der Waals surface area contributed by atoms with Gasteiger partial charge in [-0.05, 0) is 30.7 Å². The minimum atomic E-state index is -0.293. The second-order valence-electron chi connectivity index (χ2n) is 4.70. The van der Waals surface area contributed by atoms with Crippen LogP contribution in [-0.2, 0) is 4.79 Å². The number of anilines is 1. The Morgan fingerprint density at radius 2 is 1.83 bits per heavy atom. The van der Waals surface area contributed by atoms with Crippen LogP contribution in [-0.4, -0.2) is 18.7 Å². The van der Waals surface area contributed by atoms with Crippen molar-refractivity contribution >= 4 is 52.6 Å². The Balaban J connectivity index is 1.89. The van der Waals surface area contributed by atoms with Crippen molar-refractivity contribution in [2.45, 2.75) is 6.92 Å². The molecule has 2 rings (SSSR count). The maximum atomic E-state index is 11.8. The molecule has 0 aromatic heterocycles. The average Bonchev–Trinajstić information content (AvgIpc) is 2.53. The van der Waals surface area contributed by atoms with E-state index >= 15 is 0 Å². The summed E-state index contributed by atoms with van der Waals surface area (Å²) in [5.74, 6) is -0.293. The number of carbonyl (C=O) groups is 1. The summed E-state index contributed by atoms with van der Waals surface area (Å²) in [6, 6.07) is 10.6. The Labute approximate surface area is 149 Å². The van der Waals surface area contributed by atoms with E-state index in [0.717, 1.165) is 11.3 Å². The Kier molecular flexibility index (Phi) is 6.28. The number of carbonyl (C=O) groups excluding carboxylic acids is 1. The van der Waals surface area contributed by atoms with Gasteiger partial charge in [-0.3, -0.25) is 4.79 Å². The van der Waals surface area contributed by atoms with Gasteiger partial charge in [0.05, 0.1) is 22.8 Å². The number of nitrogens with zero attached hydrogens (tertiary/aromatic N) is 1. The lowest BCUT2D eigenvalue weighted by Gasteiger charge is -2.09. The van der Waals surface area contributed by atoms with Gasteiger partial charge in [0.2, 0.25) is 0 Å². The molecule has 0 saturated carbocycles. The minimum absolute atomic E-state index is 0.0712. The molecule has 0 atom stereocenters. The van der Waals surface area contributed by atoms with E-state index in [4.69, 9.17) is 34.8 Å². The fraction of sp³-hybridized carbons (Fsp3) is 0.125. The van der Waals surface area contributed by atoms with Crippen molar-refractivity contribution in [3.63, 3.8) is 0 Å². The molecule has 7 heteroatoms. The maximum absolute atomic E-state index is 11.8. The van der Waals surface area contributed by atoms with Gasteiger partial charge in [0.25, 0.3) is 5.91 Å². The normalized spacial score (nSPS) is 10.8. The summed E-state index contributed by atoms with van der Waals surface area (Å²) in [5.41, 5.74) is 4.72. The smallest absolute Gasteiger partial charge is 0.259 e. The molecule has 0 fully saturated rings. The zero-order chi connectivity index (χ0) is 16.8. The first-order valence-corrected chi connectivity index (χ1v) is 7.87. The maximum Gasteiger partial charge on any atom is 0.259 e. The van der Waals surface area contributed by atoms with Crippen LogP contribution in [0.3, 0.4) is 0 Å². The van der Waals surface area contributed by atoms with Gasteiger partial charge in [0.1, 0.15) is 0 Å². The van der Waals surface area contributed by atoms with Crippen LogP contribution in [0.1, 0.15) is 11.1 Å². The summed E-state index contributed by atoms with van der Waals surface area (Å²) < 4.78 is 0. The zero-order valence-electron chi connectivity index (χ0n) is 12.2. The number of benzene rings is 2. The minimum Gasteiger partial charge on any atom is -0.376 e. The molecule has 2 N–H and O–H groups in total. The van der Waals surface area contributed by atoms with E-state index in [0.29, 0.717) is 20.6 Å². The molecule has 0 spiro atoms. The van der Waals surface area contributed by atoms with Gasteiger partial charge in [-0.1, -0.05) is 53.0 Å². The molecule has 4 nitrogen and oxygen atoms in total. The molecule has 0 saturated heterocycles. The summed E-state index contributed by atoms with van der Waals surface area (Å²) in [7, 11) is 0. The van der Waals surface area contributed by atoms with Crippen LogP contribution in [0.25, 0.3) is 0 Å². The van der Waals surface area contributed by atoms with E-state index in [1.54, 1.807) is 24.3 Å². The molecule has 2 aromatic carbocycles. The van der Waals surface area contributed by atoms with Crippen molar-refractivity contribution in [2.24, 2.45) is 5.10 Å². The third-order valence-electron chi connectivity index (χ3n) is 3.08. The topological polar surface area (TPSA) is 53.5 Å². The van der Waals surface area contributed by atoms with Crippen LogP contribution in [0.5, 0.6) is 0 Å². The molecule has 0 aliphatic rings. The van der Waals surface area contributed by atoms with Gasteiger partial charge in [0, 0.05) is 16.3 Å². The summed E-state index contributed by atoms with van der Waals surface area (Å²) in [4.78, 5) is 11.8. The van der Waals surface area contributed by atoms with Gasteiger partial charge in [-0.15, -0.1) is 0 Å². The first-order chi connectivity index (χ1) is 11.0. The molecule has 120 valence electrons. The van der Waals surface area contributed by atoms with Crippen molar-refractivity contribution in [2.75, 3.05) is 11.9 Å². The van der Waals surface area contributed by atoms with E-state index in [1.807, 2.05) is 19.1 Å². The lowest BCUT2D eigenvalue weighted by atomic mass is 10.2. The van der Waals surface area contributed by atoms with Gasteiger partial charge in [-0.2, -0.15) is 5.10 Å². The van der Waals surface area contributed by atoms with Crippen LogP contribution in [0.2, 0.25) is 15.1 Å². The predicted molar refractivity (Wildman–Crippen MR) is 96.9 cm³/mol. The molecular weight excluding hydrogens is 357 g/mol. The average molecular weight is 371 g/mol. The van der Waals surface area contributed by atoms with E-state index in [-0.39, 0.29) is 12.5 Å². The standard InChI is InChI=1S/C16H14Cl3N3O/c1-10-12(17)5-3-7-14(10)20-9-15(23)22-21-8-11-4-2-6-13(18)16(11)19/h2-8,20H,9H2,1H3,(H,22,23)/b21-8+. The highest BCUT2D eigenvalue weighted by atomic mass is 35.5. The van der Waals surface area contributed by atoms with Crippen LogP contribution < -0.4 is 10.7 Å². The lowest BCUT2D eigenvalue weighted by Crippen LogP contribution is -2.26. The number of amides is 1. The fourth-order valence-corrected chi connectivity index (χ4v) is 2.34. The van der Waals surface area contributed by atoms with Gasteiger partial charge in [-0.25, -0.2) is 5.43 Å². The Hall–Kier alpha value is -1.75. The molecule has 0 aliphatic heterocycles. The fourth-order valence-electron chi connectivity index (χ4n) is 1.81. The molecule has 1 amide bonds. The lowest BCUT2D eigenvalue weighted by molar-refractivity contribution is -0.119. The van der Waals surface area contributed by atoms with Crippen molar-refractivity contribution in [3.8, 4) is 0 Å². The van der Waals surface area contributed by atoms with E-state index in [9.17, 15) is 4.79 Å². The highest BCUT2D eigenvalue weighted by molar-refractivity contribution is 6.43. The van der Waals surface area contributed by atoms with Crippen molar-refractivity contribution in [3.05, 3.63) is 62.6 Å². The molecule has 0 aliphatic carbocycles. The summed E-state index contributed by atoms with van der Waals surface area (Å²) in [6.07, 6.45) is 1.44. The molecule has 0 heterocycles. The first kappa shape index (κ1) is 17.6. The van der Waals surface area contributed by atoms with Crippen LogP contribution in [0.4, 0.5) is 5.69 Å². The van der Waals surface area contributed by atoms with Crippen LogP contribution in [0, 0.1) is 6.92 Å². The van der Waals surface area contributed by atoms with Gasteiger partial charge >= 0.3 is 0 Å². The molecule has 23 heavy (non-hydrogen) atoms. The van der Waals surface area contributed by atoms with Crippen molar-refractivity contribution in [1.29, 1.82) is 0 Å². The zero-order valence-corrected chi connectivity index (χ0v) is 14.5. The molecular formula is C16H14Cl3N3O. The number of hydrogen-bond donors (Lipinski definition) is 2. The quantitative estimate of drug-likeness (QED) is 0.600. The second-order valence-corrected chi connectivity index (χ2v) is 5.89. The number of hydrazone groups is 1. The number of hydrogen-bond acceptors (Lipinski definition) is 3. The highest BCUT2D eigenvalue weighted by Crippen LogP contribution is 2.24. The first-order valence-electron chi connectivity index (χ1n) is 6.74. The Morgan fingerprint density at radius 3 is 2.61 bits per heavy atom. The van der Waals surface area contributed by atoms with E-state index in [1.165, 1.54) is 6.21 Å². The number of rotatable bonds is 5. The molecule has 2 aromatic rings. The molecule has 0 radical (unpaired) electrons. The summed E-state index contributed by atoms with van der Waals surface area (Å²) >= 11 is 17.9. The predicted octanol–water partition coefficient (Wildman–Crippen LogP) is 4.52. The number of halogens is 3. The molecule has 0 unspecified atom stereocenters. The monoisotopic (exact) mass is 369 g/mol. The second kappa shape index (κ2) is 8.20. The van der Waals surface area contributed by atoms with Crippen LogP contribution in [0.15, 0.2) is 41.5 Å². The van der Waals surface area contributed by atoms with Gasteiger partial charge in [0.15, 0.2) is 0 Å². The van der Waals surface area contributed by atoms with Crippen LogP contribution >= 0.6 is 34.8 Å². The van der Waals surface area contributed by atoms with E-state index < -0.39 is 0 Å². The SMILES string of the molecule is Cc1c(Cl)cccc1NCC(=O)N/N=C/c1cccc(Cl)c1Cl. The highest BCUT2D eigenvalue weighted by Gasteiger charge is 2.05. The third-order valence-corrected chi connectivity index (χ3v) is 4.32. The Bertz CT molecular complexity index is 747. The third kappa shape index (κ3) is 4.86. The number of nitrogens with one attached hydrogen (secondary N) is 2. The van der Waals surface area contributed by atoms with Gasteiger partial charge < -0.3 is 5.32 Å². The largest absolute Gasteiger partial charge is 0.376 e.